The van der Waals surface area contributed by atoms with Gasteiger partial charge in [0.1, 0.15) is 23.4 Å². The molecule has 0 amide bonds. The van der Waals surface area contributed by atoms with Gasteiger partial charge in [-0.2, -0.15) is 13.2 Å². The number of piperidine rings is 1. The number of phenols is 1. The van der Waals surface area contributed by atoms with E-state index in [1.807, 2.05) is 4.90 Å². The van der Waals surface area contributed by atoms with Gasteiger partial charge in [0, 0.05) is 43.7 Å². The number of nitrogens with zero attached hydrogens (tertiary/aromatic N) is 1. The maximum atomic E-state index is 13.7. The van der Waals surface area contributed by atoms with Gasteiger partial charge in [0.25, 0.3) is 0 Å². The van der Waals surface area contributed by atoms with E-state index < -0.39 is 11.7 Å². The number of benzene rings is 2. The van der Waals surface area contributed by atoms with Crippen LogP contribution in [0.3, 0.4) is 0 Å². The average Bonchev–Trinajstić information content (AvgIpc) is 2.78. The quantitative estimate of drug-likeness (QED) is 0.217. The molecule has 0 saturated carbocycles. The van der Waals surface area contributed by atoms with Gasteiger partial charge in [-0.3, -0.25) is 10.8 Å². The standard InChI is InChI=1S/C24H30F3N5O2/c1-15(28)32-11-8-19(9-12-32)34-22-7-5-18(14-20(22)24(25,26)27)31-10-2-3-16-13-17(23(29)30)4-6-21(16)33/h4-7,13-14,19,28,31,33H,2-3,8-12H2,1H3,(H3,29,30). The highest BCUT2D eigenvalue weighted by atomic mass is 19.4. The third-order valence-electron chi connectivity index (χ3n) is 5.84. The van der Waals surface area contributed by atoms with Crippen molar-refractivity contribution in [3.63, 3.8) is 0 Å². The van der Waals surface area contributed by atoms with Gasteiger partial charge in [-0.05, 0) is 61.7 Å². The molecular formula is C24H30F3N5O2. The highest BCUT2D eigenvalue weighted by Gasteiger charge is 2.35. The minimum absolute atomic E-state index is 0.0902. The van der Waals surface area contributed by atoms with E-state index in [-0.39, 0.29) is 23.4 Å². The van der Waals surface area contributed by atoms with Gasteiger partial charge in [-0.15, -0.1) is 0 Å². The molecule has 0 aliphatic carbocycles. The lowest BCUT2D eigenvalue weighted by molar-refractivity contribution is -0.139. The Hall–Kier alpha value is -3.43. The summed E-state index contributed by atoms with van der Waals surface area (Å²) in [5.74, 6) is 0.255. The van der Waals surface area contributed by atoms with E-state index in [9.17, 15) is 18.3 Å². The van der Waals surface area contributed by atoms with Crippen molar-refractivity contribution in [3.8, 4) is 11.5 Å². The van der Waals surface area contributed by atoms with Crippen LogP contribution in [-0.4, -0.2) is 47.4 Å². The maximum absolute atomic E-state index is 13.7. The third kappa shape index (κ3) is 6.55. The molecule has 0 atom stereocenters. The van der Waals surface area contributed by atoms with Crippen LogP contribution < -0.4 is 15.8 Å². The molecule has 0 aromatic heterocycles. The van der Waals surface area contributed by atoms with E-state index in [4.69, 9.17) is 21.3 Å². The number of halogens is 3. The molecule has 1 saturated heterocycles. The number of ether oxygens (including phenoxy) is 1. The minimum Gasteiger partial charge on any atom is -0.508 e. The van der Waals surface area contributed by atoms with Crippen molar-refractivity contribution in [2.45, 2.75) is 44.9 Å². The molecule has 10 heteroatoms. The van der Waals surface area contributed by atoms with Crippen LogP contribution in [0.25, 0.3) is 0 Å². The molecule has 184 valence electrons. The summed E-state index contributed by atoms with van der Waals surface area (Å²) in [6, 6.07) is 8.64. The number of rotatable bonds is 8. The number of alkyl halides is 3. The summed E-state index contributed by atoms with van der Waals surface area (Å²) in [5.41, 5.74) is 6.11. The Morgan fingerprint density at radius 1 is 1.18 bits per heavy atom. The third-order valence-corrected chi connectivity index (χ3v) is 5.84. The summed E-state index contributed by atoms with van der Waals surface area (Å²) < 4.78 is 46.8. The van der Waals surface area contributed by atoms with Crippen LogP contribution in [-0.2, 0) is 12.6 Å². The van der Waals surface area contributed by atoms with Crippen molar-refractivity contribution >= 4 is 17.4 Å². The van der Waals surface area contributed by atoms with E-state index in [0.29, 0.717) is 68.0 Å². The first-order valence-corrected chi connectivity index (χ1v) is 11.1. The van der Waals surface area contributed by atoms with Crippen LogP contribution >= 0.6 is 0 Å². The summed E-state index contributed by atoms with van der Waals surface area (Å²) in [5, 5.41) is 28.1. The second-order valence-corrected chi connectivity index (χ2v) is 8.39. The first kappa shape index (κ1) is 25.2. The molecule has 0 spiro atoms. The van der Waals surface area contributed by atoms with Crippen LogP contribution in [0.1, 0.15) is 42.9 Å². The molecular weight excluding hydrogens is 447 g/mol. The van der Waals surface area contributed by atoms with Crippen molar-refractivity contribution < 1.29 is 23.0 Å². The predicted molar refractivity (Wildman–Crippen MR) is 126 cm³/mol. The van der Waals surface area contributed by atoms with Gasteiger partial charge >= 0.3 is 6.18 Å². The van der Waals surface area contributed by atoms with Crippen molar-refractivity contribution in [2.75, 3.05) is 25.0 Å². The molecule has 1 heterocycles. The number of hydrogen-bond acceptors (Lipinski definition) is 5. The Balaban J connectivity index is 1.60. The summed E-state index contributed by atoms with van der Waals surface area (Å²) in [6.45, 7) is 3.26. The van der Waals surface area contributed by atoms with Crippen LogP contribution in [0.4, 0.5) is 18.9 Å². The Morgan fingerprint density at radius 3 is 2.50 bits per heavy atom. The number of hydrogen-bond donors (Lipinski definition) is 5. The van der Waals surface area contributed by atoms with E-state index >= 15 is 0 Å². The normalized spacial score (nSPS) is 14.6. The Bertz CT molecular complexity index is 1030. The molecule has 3 rings (SSSR count). The number of likely N-dealkylation sites (tertiary alicyclic amines) is 1. The van der Waals surface area contributed by atoms with E-state index in [1.54, 1.807) is 25.1 Å². The lowest BCUT2D eigenvalue weighted by Crippen LogP contribution is -2.40. The number of anilines is 1. The fourth-order valence-electron chi connectivity index (χ4n) is 3.92. The van der Waals surface area contributed by atoms with Gasteiger partial charge < -0.3 is 25.8 Å². The number of nitrogens with one attached hydrogen (secondary N) is 3. The van der Waals surface area contributed by atoms with Crippen LogP contribution in [0.5, 0.6) is 11.5 Å². The monoisotopic (exact) mass is 477 g/mol. The number of nitrogen functional groups attached to an aromatic ring is 1. The van der Waals surface area contributed by atoms with Crippen LogP contribution in [0.2, 0.25) is 0 Å². The Kier molecular flexibility index (Phi) is 7.90. The topological polar surface area (TPSA) is 118 Å². The minimum atomic E-state index is -4.56. The van der Waals surface area contributed by atoms with Gasteiger partial charge in [0.2, 0.25) is 0 Å². The lowest BCUT2D eigenvalue weighted by atomic mass is 10.0. The first-order valence-electron chi connectivity index (χ1n) is 11.1. The molecule has 1 fully saturated rings. The van der Waals surface area contributed by atoms with Crippen molar-refractivity contribution in [2.24, 2.45) is 5.73 Å². The van der Waals surface area contributed by atoms with Crippen LogP contribution in [0, 0.1) is 10.8 Å². The second kappa shape index (κ2) is 10.7. The molecule has 2 aromatic rings. The number of phenolic OH excluding ortho intramolecular Hbond substituents is 1. The fourth-order valence-corrected chi connectivity index (χ4v) is 3.92. The van der Waals surface area contributed by atoms with Gasteiger partial charge in [-0.25, -0.2) is 0 Å². The molecule has 6 N–H and O–H groups in total. The molecule has 7 nitrogen and oxygen atoms in total. The number of aryl methyl sites for hydroxylation is 1. The number of amidine groups is 2. The first-order chi connectivity index (χ1) is 16.0. The highest BCUT2D eigenvalue weighted by Crippen LogP contribution is 2.39. The van der Waals surface area contributed by atoms with Gasteiger partial charge in [0.05, 0.1) is 11.4 Å². The largest absolute Gasteiger partial charge is 0.508 e. The maximum Gasteiger partial charge on any atom is 0.420 e. The summed E-state index contributed by atoms with van der Waals surface area (Å²) in [6.07, 6.45) is -2.73. The van der Waals surface area contributed by atoms with Crippen molar-refractivity contribution in [1.29, 1.82) is 10.8 Å². The lowest BCUT2D eigenvalue weighted by Gasteiger charge is -2.33. The average molecular weight is 478 g/mol. The SMILES string of the molecule is CC(=N)N1CCC(Oc2ccc(NCCCc3cc(C(=N)N)ccc3O)cc2C(F)(F)F)CC1. The number of aromatic hydroxyl groups is 1. The van der Waals surface area contributed by atoms with E-state index in [1.165, 1.54) is 12.1 Å². The molecule has 2 aromatic carbocycles. The predicted octanol–water partition coefficient (Wildman–Crippen LogP) is 4.58. The Labute approximate surface area is 196 Å². The molecule has 1 aliphatic rings. The highest BCUT2D eigenvalue weighted by molar-refractivity contribution is 5.95. The van der Waals surface area contributed by atoms with Crippen LogP contribution in [0.15, 0.2) is 36.4 Å². The fraction of sp³-hybridized carbons (Fsp3) is 0.417. The smallest absolute Gasteiger partial charge is 0.420 e. The molecule has 0 radical (unpaired) electrons. The van der Waals surface area contributed by atoms with Crippen molar-refractivity contribution in [3.05, 3.63) is 53.1 Å². The number of nitrogens with two attached hydrogens (primary N) is 1. The molecule has 0 bridgehead atoms. The summed E-state index contributed by atoms with van der Waals surface area (Å²) in [7, 11) is 0. The zero-order valence-corrected chi connectivity index (χ0v) is 19.0. The molecule has 0 unspecified atom stereocenters. The molecule has 34 heavy (non-hydrogen) atoms. The summed E-state index contributed by atoms with van der Waals surface area (Å²) in [4.78, 5) is 1.88. The van der Waals surface area contributed by atoms with Gasteiger partial charge in [-0.1, -0.05) is 0 Å². The van der Waals surface area contributed by atoms with Crippen molar-refractivity contribution in [1.82, 2.24) is 4.90 Å². The second-order valence-electron chi connectivity index (χ2n) is 8.39. The van der Waals surface area contributed by atoms with Gasteiger partial charge in [0.15, 0.2) is 0 Å². The zero-order chi connectivity index (χ0) is 24.9. The molecule has 1 aliphatic heterocycles. The summed E-state index contributed by atoms with van der Waals surface area (Å²) >= 11 is 0. The van der Waals surface area contributed by atoms with E-state index in [0.717, 1.165) is 6.07 Å². The zero-order valence-electron chi connectivity index (χ0n) is 19.0. The van der Waals surface area contributed by atoms with E-state index in [2.05, 4.69) is 5.32 Å². The Morgan fingerprint density at radius 2 is 1.88 bits per heavy atom.